The average molecular weight is 544 g/mol. The first-order valence-corrected chi connectivity index (χ1v) is 13.9. The lowest BCUT2D eigenvalue weighted by atomic mass is 9.87. The van der Waals surface area contributed by atoms with Crippen LogP contribution in [0.25, 0.3) is 10.8 Å². The number of allylic oxidation sites excluding steroid dienone is 1. The van der Waals surface area contributed by atoms with Crippen molar-refractivity contribution in [2.45, 2.75) is 72.6 Å². The minimum atomic E-state index is -0.684. The van der Waals surface area contributed by atoms with Crippen molar-refractivity contribution >= 4 is 28.5 Å². The molecule has 0 radical (unpaired) electrons. The summed E-state index contributed by atoms with van der Waals surface area (Å²) in [6.07, 6.45) is 0.165. The second-order valence-electron chi connectivity index (χ2n) is 11.0. The SMILES string of the molecule is CC1=C(C(=O)N(C(C)C)C(C)C)CC(CC(=O)NCc2cccc3ccccc23)C(=O)N1Cc1ccc(F)cc1. The summed E-state index contributed by atoms with van der Waals surface area (Å²) in [5, 5.41) is 5.14. The largest absolute Gasteiger partial charge is 0.352 e. The summed E-state index contributed by atoms with van der Waals surface area (Å²) in [6.45, 7) is 10.2. The predicted octanol–water partition coefficient (Wildman–Crippen LogP) is 5.95. The number of nitrogens with zero attached hydrogens (tertiary/aromatic N) is 2. The van der Waals surface area contributed by atoms with Crippen molar-refractivity contribution in [1.29, 1.82) is 0 Å². The van der Waals surface area contributed by atoms with Gasteiger partial charge < -0.3 is 15.1 Å². The zero-order valence-corrected chi connectivity index (χ0v) is 23.9. The molecule has 1 aliphatic heterocycles. The molecule has 1 heterocycles. The topological polar surface area (TPSA) is 69.7 Å². The van der Waals surface area contributed by atoms with Crippen LogP contribution in [0.1, 0.15) is 58.6 Å². The van der Waals surface area contributed by atoms with Crippen LogP contribution in [-0.4, -0.2) is 39.6 Å². The highest BCUT2D eigenvalue weighted by atomic mass is 19.1. The highest BCUT2D eigenvalue weighted by Gasteiger charge is 2.38. The Hall–Kier alpha value is -4.00. The Kier molecular flexibility index (Phi) is 9.03. The molecule has 1 aliphatic rings. The van der Waals surface area contributed by atoms with Crippen molar-refractivity contribution in [2.24, 2.45) is 5.92 Å². The lowest BCUT2D eigenvalue weighted by Gasteiger charge is -2.38. The number of benzene rings is 3. The number of carbonyl (C=O) groups is 3. The first kappa shape index (κ1) is 29.0. The van der Waals surface area contributed by atoms with Gasteiger partial charge in [-0.3, -0.25) is 14.4 Å². The van der Waals surface area contributed by atoms with Crippen LogP contribution in [-0.2, 0) is 27.5 Å². The van der Waals surface area contributed by atoms with Gasteiger partial charge in [-0.1, -0.05) is 54.6 Å². The van der Waals surface area contributed by atoms with Gasteiger partial charge in [0.2, 0.25) is 11.8 Å². The molecule has 4 rings (SSSR count). The summed E-state index contributed by atoms with van der Waals surface area (Å²) < 4.78 is 13.5. The van der Waals surface area contributed by atoms with E-state index in [0.29, 0.717) is 17.8 Å². The van der Waals surface area contributed by atoms with Gasteiger partial charge in [-0.05, 0) is 75.1 Å². The van der Waals surface area contributed by atoms with Crippen LogP contribution >= 0.6 is 0 Å². The molecular formula is C33H38FN3O3. The van der Waals surface area contributed by atoms with Gasteiger partial charge in [-0.2, -0.15) is 0 Å². The summed E-state index contributed by atoms with van der Waals surface area (Å²) in [4.78, 5) is 44.0. The van der Waals surface area contributed by atoms with Crippen LogP contribution < -0.4 is 5.32 Å². The summed E-state index contributed by atoms with van der Waals surface area (Å²) in [7, 11) is 0. The highest BCUT2D eigenvalue weighted by molar-refractivity contribution is 5.99. The average Bonchev–Trinajstić information content (AvgIpc) is 2.92. The molecule has 0 saturated carbocycles. The van der Waals surface area contributed by atoms with Gasteiger partial charge in [0.05, 0.1) is 12.5 Å². The molecule has 3 aromatic carbocycles. The molecule has 210 valence electrons. The molecular weight excluding hydrogens is 505 g/mol. The van der Waals surface area contributed by atoms with Crippen molar-refractivity contribution in [3.63, 3.8) is 0 Å². The summed E-state index contributed by atoms with van der Waals surface area (Å²) in [6, 6.07) is 19.9. The molecule has 0 aromatic heterocycles. The van der Waals surface area contributed by atoms with Crippen molar-refractivity contribution in [3.8, 4) is 0 Å². The molecule has 0 bridgehead atoms. The number of halogens is 1. The van der Waals surface area contributed by atoms with Gasteiger partial charge in [0, 0.05) is 36.3 Å². The molecule has 3 aromatic rings. The maximum atomic E-state index is 13.8. The van der Waals surface area contributed by atoms with Gasteiger partial charge in [-0.25, -0.2) is 4.39 Å². The third-order valence-electron chi connectivity index (χ3n) is 7.55. The van der Waals surface area contributed by atoms with Crippen molar-refractivity contribution < 1.29 is 18.8 Å². The van der Waals surface area contributed by atoms with Gasteiger partial charge in [-0.15, -0.1) is 0 Å². The Labute approximate surface area is 235 Å². The quantitative estimate of drug-likeness (QED) is 0.362. The number of fused-ring (bicyclic) bond motifs is 1. The van der Waals surface area contributed by atoms with E-state index in [4.69, 9.17) is 0 Å². The minimum Gasteiger partial charge on any atom is -0.352 e. The number of hydrogen-bond donors (Lipinski definition) is 1. The molecule has 0 spiro atoms. The zero-order valence-electron chi connectivity index (χ0n) is 23.9. The van der Waals surface area contributed by atoms with E-state index in [-0.39, 0.29) is 55.0 Å². The van der Waals surface area contributed by atoms with Crippen LogP contribution in [0.15, 0.2) is 78.0 Å². The first-order chi connectivity index (χ1) is 19.1. The monoisotopic (exact) mass is 543 g/mol. The molecule has 0 fully saturated rings. The maximum absolute atomic E-state index is 13.8. The predicted molar refractivity (Wildman–Crippen MR) is 155 cm³/mol. The second kappa shape index (κ2) is 12.5. The van der Waals surface area contributed by atoms with Crippen molar-refractivity contribution in [1.82, 2.24) is 15.1 Å². The molecule has 0 aliphatic carbocycles. The van der Waals surface area contributed by atoms with E-state index >= 15 is 0 Å². The van der Waals surface area contributed by atoms with Gasteiger partial charge in [0.1, 0.15) is 5.82 Å². The first-order valence-electron chi connectivity index (χ1n) is 13.9. The smallest absolute Gasteiger partial charge is 0.252 e. The Bertz CT molecular complexity index is 1420. The van der Waals surface area contributed by atoms with E-state index in [1.807, 2.05) is 75.1 Å². The molecule has 40 heavy (non-hydrogen) atoms. The number of nitrogens with one attached hydrogen (secondary N) is 1. The van der Waals surface area contributed by atoms with E-state index in [1.54, 1.807) is 24.0 Å². The minimum absolute atomic E-state index is 0.0292. The van der Waals surface area contributed by atoms with Crippen LogP contribution in [0.4, 0.5) is 4.39 Å². The summed E-state index contributed by atoms with van der Waals surface area (Å²) in [5.74, 6) is -1.62. The fourth-order valence-corrected chi connectivity index (χ4v) is 5.56. The van der Waals surface area contributed by atoms with Gasteiger partial charge in [0.15, 0.2) is 0 Å². The van der Waals surface area contributed by atoms with Gasteiger partial charge >= 0.3 is 0 Å². The molecule has 1 N–H and O–H groups in total. The Morgan fingerprint density at radius 3 is 2.30 bits per heavy atom. The van der Waals surface area contributed by atoms with Crippen LogP contribution in [0.2, 0.25) is 0 Å². The van der Waals surface area contributed by atoms with E-state index < -0.39 is 5.92 Å². The van der Waals surface area contributed by atoms with E-state index in [9.17, 15) is 18.8 Å². The summed E-state index contributed by atoms with van der Waals surface area (Å²) in [5.41, 5.74) is 2.86. The van der Waals surface area contributed by atoms with Gasteiger partial charge in [0.25, 0.3) is 5.91 Å². The van der Waals surface area contributed by atoms with E-state index in [0.717, 1.165) is 21.9 Å². The third-order valence-corrected chi connectivity index (χ3v) is 7.55. The third kappa shape index (κ3) is 6.41. The molecule has 6 nitrogen and oxygen atoms in total. The van der Waals surface area contributed by atoms with Crippen LogP contribution in [0.3, 0.4) is 0 Å². The Balaban J connectivity index is 1.57. The Morgan fingerprint density at radius 1 is 0.975 bits per heavy atom. The normalized spacial score (nSPS) is 15.8. The van der Waals surface area contributed by atoms with E-state index in [2.05, 4.69) is 5.32 Å². The maximum Gasteiger partial charge on any atom is 0.252 e. The number of hydrogen-bond acceptors (Lipinski definition) is 3. The fourth-order valence-electron chi connectivity index (χ4n) is 5.56. The second-order valence-corrected chi connectivity index (χ2v) is 11.0. The number of carbonyl (C=O) groups excluding carboxylic acids is 3. The lowest BCUT2D eigenvalue weighted by molar-refractivity contribution is -0.139. The molecule has 3 amide bonds. The lowest BCUT2D eigenvalue weighted by Crippen LogP contribution is -2.47. The molecule has 1 unspecified atom stereocenters. The standard InChI is InChI=1S/C33H38FN3O3/c1-21(2)37(22(3)4)33(40)30-17-27(32(39)36(23(30)5)20-24-13-15-28(34)16-14-24)18-31(38)35-19-26-11-8-10-25-9-6-7-12-29(25)26/h6-16,21-22,27H,17-20H2,1-5H3,(H,35,38). The molecule has 7 heteroatoms. The van der Waals surface area contributed by atoms with E-state index in [1.165, 1.54) is 12.1 Å². The van der Waals surface area contributed by atoms with Crippen molar-refractivity contribution in [2.75, 3.05) is 0 Å². The van der Waals surface area contributed by atoms with Crippen LogP contribution in [0.5, 0.6) is 0 Å². The number of amides is 3. The van der Waals surface area contributed by atoms with Crippen LogP contribution in [0, 0.1) is 11.7 Å². The molecule has 0 saturated heterocycles. The summed E-state index contributed by atoms with van der Waals surface area (Å²) >= 11 is 0. The zero-order chi connectivity index (χ0) is 29.0. The highest BCUT2D eigenvalue weighted by Crippen LogP contribution is 2.33. The van der Waals surface area contributed by atoms with Crippen molar-refractivity contribution in [3.05, 3.63) is 94.9 Å². The Morgan fingerprint density at radius 2 is 1.62 bits per heavy atom. The molecule has 1 atom stereocenters. The number of rotatable bonds is 9. The fraction of sp³-hybridized carbons (Fsp3) is 0.364.